The second-order valence-electron chi connectivity index (χ2n) is 4.28. The van der Waals surface area contributed by atoms with Gasteiger partial charge in [-0.2, -0.15) is 5.10 Å². The monoisotopic (exact) mass is 222 g/mol. The zero-order chi connectivity index (χ0) is 12.2. The summed E-state index contributed by atoms with van der Waals surface area (Å²) in [6.45, 7) is 4.31. The van der Waals surface area contributed by atoms with Crippen molar-refractivity contribution in [3.63, 3.8) is 0 Å². The maximum absolute atomic E-state index is 4.17. The molecule has 0 aliphatic heterocycles. The van der Waals surface area contributed by atoms with Gasteiger partial charge in [0.15, 0.2) is 0 Å². The highest BCUT2D eigenvalue weighted by atomic mass is 15.4. The van der Waals surface area contributed by atoms with E-state index in [2.05, 4.69) is 37.2 Å². The molecule has 0 spiro atoms. The molecular formula is C14H26N2. The molecular weight excluding hydrogens is 196 g/mol. The predicted octanol–water partition coefficient (Wildman–Crippen LogP) is 4.01. The van der Waals surface area contributed by atoms with Gasteiger partial charge in [-0.1, -0.05) is 44.4 Å². The van der Waals surface area contributed by atoms with E-state index in [-0.39, 0.29) is 0 Å². The number of hydrazone groups is 1. The van der Waals surface area contributed by atoms with Crippen molar-refractivity contribution in [2.45, 2.75) is 46.0 Å². The summed E-state index contributed by atoms with van der Waals surface area (Å²) in [5.41, 5.74) is 1.18. The molecule has 0 unspecified atom stereocenters. The Morgan fingerprint density at radius 1 is 1.19 bits per heavy atom. The molecule has 2 nitrogen and oxygen atoms in total. The van der Waals surface area contributed by atoms with Crippen molar-refractivity contribution in [2.24, 2.45) is 5.10 Å². The van der Waals surface area contributed by atoms with Crippen LogP contribution in [0.1, 0.15) is 46.0 Å². The first-order chi connectivity index (χ1) is 7.66. The van der Waals surface area contributed by atoms with Crippen LogP contribution in [0.2, 0.25) is 0 Å². The highest BCUT2D eigenvalue weighted by Crippen LogP contribution is 2.03. The van der Waals surface area contributed by atoms with Gasteiger partial charge in [0.1, 0.15) is 0 Å². The second-order valence-corrected chi connectivity index (χ2v) is 4.28. The van der Waals surface area contributed by atoms with E-state index in [9.17, 15) is 0 Å². The summed E-state index contributed by atoms with van der Waals surface area (Å²) in [5, 5.41) is 5.97. The average molecular weight is 222 g/mol. The Kier molecular flexibility index (Phi) is 9.78. The van der Waals surface area contributed by atoms with Gasteiger partial charge in [-0.15, -0.1) is 0 Å². The molecule has 2 heteroatoms. The first-order valence-corrected chi connectivity index (χ1v) is 6.21. The van der Waals surface area contributed by atoms with Gasteiger partial charge in [0.25, 0.3) is 0 Å². The molecule has 0 aromatic rings. The zero-order valence-electron chi connectivity index (χ0n) is 11.2. The van der Waals surface area contributed by atoms with E-state index in [4.69, 9.17) is 0 Å². The lowest BCUT2D eigenvalue weighted by molar-refractivity contribution is 0.440. The van der Waals surface area contributed by atoms with Crippen molar-refractivity contribution >= 4 is 6.21 Å². The molecule has 0 fully saturated rings. The van der Waals surface area contributed by atoms with Crippen LogP contribution >= 0.6 is 0 Å². The fraction of sp³-hybridized carbons (Fsp3) is 0.643. The summed E-state index contributed by atoms with van der Waals surface area (Å²) in [4.78, 5) is 0. The van der Waals surface area contributed by atoms with E-state index in [0.29, 0.717) is 0 Å². The lowest BCUT2D eigenvalue weighted by atomic mass is 10.1. The summed E-state index contributed by atoms with van der Waals surface area (Å²) in [7, 11) is 3.85. The molecule has 0 amide bonds. The van der Waals surface area contributed by atoms with Crippen molar-refractivity contribution in [3.8, 4) is 0 Å². The van der Waals surface area contributed by atoms with Gasteiger partial charge in [-0.05, 0) is 25.3 Å². The van der Waals surface area contributed by atoms with E-state index in [1.165, 1.54) is 37.7 Å². The maximum Gasteiger partial charge on any atom is 0.0499 e. The fourth-order valence-electron chi connectivity index (χ4n) is 1.25. The molecule has 0 atom stereocenters. The molecule has 0 saturated carbocycles. The first kappa shape index (κ1) is 14.9. The minimum Gasteiger partial charge on any atom is -0.303 e. The van der Waals surface area contributed by atoms with Crippen LogP contribution in [0.25, 0.3) is 0 Å². The van der Waals surface area contributed by atoms with Crippen LogP contribution < -0.4 is 0 Å². The van der Waals surface area contributed by atoms with Crippen LogP contribution in [0.15, 0.2) is 28.9 Å². The largest absolute Gasteiger partial charge is 0.303 e. The number of hydrogen-bond donors (Lipinski definition) is 0. The number of hydrogen-bond acceptors (Lipinski definition) is 2. The Hall–Kier alpha value is -1.05. The van der Waals surface area contributed by atoms with E-state index in [1.807, 2.05) is 20.3 Å². The second kappa shape index (κ2) is 10.5. The third kappa shape index (κ3) is 11.0. The summed E-state index contributed by atoms with van der Waals surface area (Å²) in [6, 6.07) is 0. The van der Waals surface area contributed by atoms with E-state index >= 15 is 0 Å². The molecule has 0 saturated heterocycles. The molecule has 16 heavy (non-hydrogen) atoms. The molecule has 0 heterocycles. The Bertz CT molecular complexity index is 237. The predicted molar refractivity (Wildman–Crippen MR) is 73.8 cm³/mol. The highest BCUT2D eigenvalue weighted by Gasteiger charge is 1.84. The summed E-state index contributed by atoms with van der Waals surface area (Å²) in [6.07, 6.45) is 14.9. The van der Waals surface area contributed by atoms with E-state index in [1.54, 1.807) is 5.01 Å². The zero-order valence-corrected chi connectivity index (χ0v) is 11.2. The SMILES string of the molecule is CCCCCC/C=C/C=C(C)/C=N/N(C)C. The van der Waals surface area contributed by atoms with Gasteiger partial charge >= 0.3 is 0 Å². The number of unbranched alkanes of at least 4 members (excludes halogenated alkanes) is 4. The van der Waals surface area contributed by atoms with E-state index < -0.39 is 0 Å². The van der Waals surface area contributed by atoms with Crippen LogP contribution in [-0.4, -0.2) is 25.3 Å². The molecule has 0 aromatic heterocycles. The smallest absolute Gasteiger partial charge is 0.0499 e. The summed E-state index contributed by atoms with van der Waals surface area (Å²) in [5.74, 6) is 0. The minimum absolute atomic E-state index is 1.18. The Morgan fingerprint density at radius 3 is 2.56 bits per heavy atom. The molecule has 0 N–H and O–H groups in total. The third-order valence-corrected chi connectivity index (χ3v) is 2.21. The normalized spacial score (nSPS) is 12.9. The van der Waals surface area contributed by atoms with E-state index in [0.717, 1.165) is 0 Å². The maximum atomic E-state index is 4.17. The summed E-state index contributed by atoms with van der Waals surface area (Å²) >= 11 is 0. The quantitative estimate of drug-likeness (QED) is 0.262. The van der Waals surface area contributed by atoms with Gasteiger partial charge in [0, 0.05) is 20.3 Å². The molecule has 0 rings (SSSR count). The Labute approximate surface area is 101 Å². The van der Waals surface area contributed by atoms with Crippen LogP contribution in [0.4, 0.5) is 0 Å². The van der Waals surface area contributed by atoms with Crippen molar-refractivity contribution in [2.75, 3.05) is 14.1 Å². The number of allylic oxidation sites excluding steroid dienone is 4. The van der Waals surface area contributed by atoms with Gasteiger partial charge < -0.3 is 5.01 Å². The molecule has 0 aliphatic carbocycles. The Balaban J connectivity index is 3.67. The van der Waals surface area contributed by atoms with Crippen molar-refractivity contribution in [1.82, 2.24) is 5.01 Å². The molecule has 0 radical (unpaired) electrons. The molecule has 0 aliphatic rings. The summed E-state index contributed by atoms with van der Waals surface area (Å²) < 4.78 is 0. The lowest BCUT2D eigenvalue weighted by Crippen LogP contribution is -2.01. The van der Waals surface area contributed by atoms with Crippen molar-refractivity contribution < 1.29 is 0 Å². The fourth-order valence-corrected chi connectivity index (χ4v) is 1.25. The van der Waals surface area contributed by atoms with Gasteiger partial charge in [0.2, 0.25) is 0 Å². The van der Waals surface area contributed by atoms with Crippen LogP contribution in [0.3, 0.4) is 0 Å². The van der Waals surface area contributed by atoms with Crippen molar-refractivity contribution in [1.29, 1.82) is 0 Å². The molecule has 0 bridgehead atoms. The molecule has 92 valence electrons. The van der Waals surface area contributed by atoms with Crippen LogP contribution in [0, 0.1) is 0 Å². The average Bonchev–Trinajstić information content (AvgIpc) is 2.25. The van der Waals surface area contributed by atoms with Gasteiger partial charge in [-0.25, -0.2) is 0 Å². The first-order valence-electron chi connectivity index (χ1n) is 6.21. The number of rotatable bonds is 8. The third-order valence-electron chi connectivity index (χ3n) is 2.21. The topological polar surface area (TPSA) is 15.6 Å². The van der Waals surface area contributed by atoms with Crippen LogP contribution in [0.5, 0.6) is 0 Å². The Morgan fingerprint density at radius 2 is 1.94 bits per heavy atom. The lowest BCUT2D eigenvalue weighted by Gasteiger charge is -2.01. The number of nitrogens with zero attached hydrogens (tertiary/aromatic N) is 2. The van der Waals surface area contributed by atoms with Gasteiger partial charge in [-0.3, -0.25) is 0 Å². The van der Waals surface area contributed by atoms with Crippen LogP contribution in [-0.2, 0) is 0 Å². The minimum atomic E-state index is 1.18. The van der Waals surface area contributed by atoms with Crippen molar-refractivity contribution in [3.05, 3.63) is 23.8 Å². The highest BCUT2D eigenvalue weighted by molar-refractivity contribution is 5.77. The molecule has 0 aromatic carbocycles. The van der Waals surface area contributed by atoms with Gasteiger partial charge in [0.05, 0.1) is 0 Å². The standard InChI is InChI=1S/C14H26N2/c1-5-6-7-8-9-10-11-12-14(2)13-15-16(3)4/h10-13H,5-9H2,1-4H3/b11-10+,14-12+,15-13+.